The molecular formula is C22H21N5OS. The van der Waals surface area contributed by atoms with Crippen LogP contribution in [-0.2, 0) is 0 Å². The third-order valence-electron chi connectivity index (χ3n) is 5.19. The molecule has 3 N–H and O–H groups in total. The van der Waals surface area contributed by atoms with E-state index in [0.717, 1.165) is 58.9 Å². The average molecular weight is 404 g/mol. The molecule has 0 radical (unpaired) electrons. The quantitative estimate of drug-likeness (QED) is 0.482. The molecule has 3 aromatic heterocycles. The SMILES string of the molecule is O=C(Nc1cnccc1N1CCNCC1)c1ccc(-c2c[nH]c3ccccc23)s1. The summed E-state index contributed by atoms with van der Waals surface area (Å²) in [6.45, 7) is 3.70. The van der Waals surface area contributed by atoms with Crippen molar-refractivity contribution in [2.24, 2.45) is 0 Å². The first-order chi connectivity index (χ1) is 14.3. The highest BCUT2D eigenvalue weighted by molar-refractivity contribution is 7.17. The molecule has 7 heteroatoms. The van der Waals surface area contributed by atoms with Crippen LogP contribution in [0, 0.1) is 0 Å². The van der Waals surface area contributed by atoms with Crippen LogP contribution in [-0.4, -0.2) is 42.1 Å². The van der Waals surface area contributed by atoms with Crippen molar-refractivity contribution in [1.29, 1.82) is 0 Å². The Labute approximate surface area is 172 Å². The predicted octanol–water partition coefficient (Wildman–Crippen LogP) is 3.95. The molecule has 1 fully saturated rings. The molecule has 146 valence electrons. The summed E-state index contributed by atoms with van der Waals surface area (Å²) in [5.74, 6) is -0.106. The number of fused-ring (bicyclic) bond motifs is 1. The highest BCUT2D eigenvalue weighted by Crippen LogP contribution is 2.34. The van der Waals surface area contributed by atoms with E-state index >= 15 is 0 Å². The van der Waals surface area contributed by atoms with Crippen LogP contribution in [0.5, 0.6) is 0 Å². The molecule has 4 heterocycles. The van der Waals surface area contributed by atoms with Crippen molar-refractivity contribution < 1.29 is 4.79 Å². The van der Waals surface area contributed by atoms with Gasteiger partial charge in [0.25, 0.3) is 5.91 Å². The largest absolute Gasteiger partial charge is 0.367 e. The van der Waals surface area contributed by atoms with Crippen molar-refractivity contribution in [3.05, 3.63) is 65.9 Å². The Bertz CT molecular complexity index is 1160. The van der Waals surface area contributed by atoms with Gasteiger partial charge in [0.15, 0.2) is 0 Å². The first kappa shape index (κ1) is 17.9. The molecule has 0 atom stereocenters. The number of benzene rings is 1. The zero-order valence-corrected chi connectivity index (χ0v) is 16.6. The first-order valence-electron chi connectivity index (χ1n) is 9.67. The lowest BCUT2D eigenvalue weighted by Gasteiger charge is -2.30. The van der Waals surface area contributed by atoms with Crippen molar-refractivity contribution >= 4 is 39.5 Å². The molecule has 29 heavy (non-hydrogen) atoms. The van der Waals surface area contributed by atoms with E-state index in [2.05, 4.69) is 37.6 Å². The Morgan fingerprint density at radius 3 is 2.86 bits per heavy atom. The minimum atomic E-state index is -0.106. The second-order valence-corrected chi connectivity index (χ2v) is 8.08. The van der Waals surface area contributed by atoms with Crippen LogP contribution in [0.15, 0.2) is 61.1 Å². The molecule has 0 aliphatic carbocycles. The van der Waals surface area contributed by atoms with Gasteiger partial charge in [-0.3, -0.25) is 9.78 Å². The van der Waals surface area contributed by atoms with Crippen molar-refractivity contribution in [3.8, 4) is 10.4 Å². The summed E-state index contributed by atoms with van der Waals surface area (Å²) < 4.78 is 0. The van der Waals surface area contributed by atoms with Crippen LogP contribution in [0.4, 0.5) is 11.4 Å². The number of H-pyrrole nitrogens is 1. The number of piperazine rings is 1. The number of para-hydroxylation sites is 1. The van der Waals surface area contributed by atoms with Gasteiger partial charge in [0.05, 0.1) is 22.4 Å². The number of nitrogens with one attached hydrogen (secondary N) is 3. The van der Waals surface area contributed by atoms with Crippen molar-refractivity contribution in [3.63, 3.8) is 0 Å². The summed E-state index contributed by atoms with van der Waals surface area (Å²) in [7, 11) is 0. The lowest BCUT2D eigenvalue weighted by Crippen LogP contribution is -2.43. The molecular weight excluding hydrogens is 382 g/mol. The van der Waals surface area contributed by atoms with Crippen LogP contribution in [0.1, 0.15) is 9.67 Å². The van der Waals surface area contributed by atoms with E-state index in [-0.39, 0.29) is 5.91 Å². The molecule has 1 saturated heterocycles. The van der Waals surface area contributed by atoms with E-state index in [9.17, 15) is 4.79 Å². The van der Waals surface area contributed by atoms with Crippen LogP contribution in [0.2, 0.25) is 0 Å². The molecule has 0 saturated carbocycles. The van der Waals surface area contributed by atoms with Gasteiger partial charge in [-0.25, -0.2) is 0 Å². The second kappa shape index (κ2) is 7.69. The molecule has 4 aromatic rings. The minimum absolute atomic E-state index is 0.106. The molecule has 5 rings (SSSR count). The Hall–Kier alpha value is -3.16. The van der Waals surface area contributed by atoms with Crippen molar-refractivity contribution in [2.45, 2.75) is 0 Å². The lowest BCUT2D eigenvalue weighted by atomic mass is 10.1. The molecule has 1 aliphatic heterocycles. The van der Waals surface area contributed by atoms with E-state index in [0.29, 0.717) is 4.88 Å². The maximum absolute atomic E-state index is 12.9. The molecule has 0 spiro atoms. The number of pyridine rings is 1. The van der Waals surface area contributed by atoms with Gasteiger partial charge in [0.1, 0.15) is 0 Å². The summed E-state index contributed by atoms with van der Waals surface area (Å²) in [5, 5.41) is 7.57. The van der Waals surface area contributed by atoms with Gasteiger partial charge in [-0.1, -0.05) is 18.2 Å². The third-order valence-corrected chi connectivity index (χ3v) is 6.31. The van der Waals surface area contributed by atoms with Crippen LogP contribution in [0.3, 0.4) is 0 Å². The topological polar surface area (TPSA) is 73.1 Å². The van der Waals surface area contributed by atoms with Gasteiger partial charge in [-0.05, 0) is 24.3 Å². The molecule has 1 aromatic carbocycles. The summed E-state index contributed by atoms with van der Waals surface area (Å²) in [4.78, 5) is 24.5. The maximum Gasteiger partial charge on any atom is 0.265 e. The number of thiophene rings is 1. The first-order valence-corrected chi connectivity index (χ1v) is 10.5. The number of amides is 1. The van der Waals surface area contributed by atoms with Crippen LogP contribution in [0.25, 0.3) is 21.3 Å². The monoisotopic (exact) mass is 403 g/mol. The highest BCUT2D eigenvalue weighted by Gasteiger charge is 2.18. The maximum atomic E-state index is 12.9. The molecule has 0 bridgehead atoms. The minimum Gasteiger partial charge on any atom is -0.367 e. The van der Waals surface area contributed by atoms with Gasteiger partial charge in [0, 0.05) is 59.9 Å². The van der Waals surface area contributed by atoms with E-state index in [1.165, 1.54) is 11.3 Å². The van der Waals surface area contributed by atoms with Crippen molar-refractivity contribution in [1.82, 2.24) is 15.3 Å². The molecule has 1 amide bonds. The van der Waals surface area contributed by atoms with Crippen LogP contribution >= 0.6 is 11.3 Å². The summed E-state index contributed by atoms with van der Waals surface area (Å²) in [5.41, 5.74) is 3.98. The fourth-order valence-electron chi connectivity index (χ4n) is 3.73. The van der Waals surface area contributed by atoms with E-state index in [1.807, 2.05) is 36.5 Å². The standard InChI is InChI=1S/C22H21N5OS/c28-22(26-18-14-24-8-7-19(18)27-11-9-23-10-12-27)21-6-5-20(29-21)16-13-25-17-4-2-1-3-15(16)17/h1-8,13-14,23,25H,9-12H2,(H,26,28). The number of aromatic amines is 1. The zero-order chi connectivity index (χ0) is 19.6. The zero-order valence-electron chi connectivity index (χ0n) is 15.8. The smallest absolute Gasteiger partial charge is 0.265 e. The molecule has 0 unspecified atom stereocenters. The Kier molecular flexibility index (Phi) is 4.75. The van der Waals surface area contributed by atoms with E-state index < -0.39 is 0 Å². The van der Waals surface area contributed by atoms with E-state index in [4.69, 9.17) is 0 Å². The van der Waals surface area contributed by atoms with Crippen molar-refractivity contribution in [2.75, 3.05) is 36.4 Å². The summed E-state index contributed by atoms with van der Waals surface area (Å²) >= 11 is 1.50. The number of anilines is 2. The van der Waals surface area contributed by atoms with Gasteiger partial charge in [-0.2, -0.15) is 0 Å². The summed E-state index contributed by atoms with van der Waals surface area (Å²) in [6, 6.07) is 14.1. The summed E-state index contributed by atoms with van der Waals surface area (Å²) in [6.07, 6.45) is 5.50. The predicted molar refractivity (Wildman–Crippen MR) is 119 cm³/mol. The normalized spacial score (nSPS) is 14.3. The second-order valence-electron chi connectivity index (χ2n) is 7.00. The highest BCUT2D eigenvalue weighted by atomic mass is 32.1. The number of hydrogen-bond donors (Lipinski definition) is 3. The number of aromatic nitrogens is 2. The number of nitrogens with zero attached hydrogens (tertiary/aromatic N) is 2. The lowest BCUT2D eigenvalue weighted by molar-refractivity contribution is 0.103. The Morgan fingerprint density at radius 2 is 1.97 bits per heavy atom. The Balaban J connectivity index is 1.39. The fraction of sp³-hybridized carbons (Fsp3) is 0.182. The number of hydrogen-bond acceptors (Lipinski definition) is 5. The number of carbonyl (C=O) groups excluding carboxylic acids is 1. The fourth-order valence-corrected chi connectivity index (χ4v) is 4.66. The van der Waals surface area contributed by atoms with Gasteiger partial charge in [-0.15, -0.1) is 11.3 Å². The van der Waals surface area contributed by atoms with Gasteiger partial charge < -0.3 is 20.5 Å². The van der Waals surface area contributed by atoms with E-state index in [1.54, 1.807) is 12.4 Å². The number of rotatable bonds is 4. The van der Waals surface area contributed by atoms with Gasteiger partial charge >= 0.3 is 0 Å². The third kappa shape index (κ3) is 3.50. The average Bonchev–Trinajstić information content (AvgIpc) is 3.42. The van der Waals surface area contributed by atoms with Crippen LogP contribution < -0.4 is 15.5 Å². The number of carbonyl (C=O) groups is 1. The van der Waals surface area contributed by atoms with Gasteiger partial charge in [0.2, 0.25) is 0 Å². The molecule has 1 aliphatic rings. The molecule has 6 nitrogen and oxygen atoms in total. The Morgan fingerprint density at radius 1 is 1.10 bits per heavy atom.